The third-order valence-corrected chi connectivity index (χ3v) is 5.61. The molecule has 168 valence electrons. The Hall–Kier alpha value is -2.50. The lowest BCUT2D eigenvalue weighted by Crippen LogP contribution is -2.44. The first-order valence-electron chi connectivity index (χ1n) is 9.49. The summed E-state index contributed by atoms with van der Waals surface area (Å²) in [6.07, 6.45) is 1.04. The molecule has 0 fully saturated rings. The van der Waals surface area contributed by atoms with Gasteiger partial charge in [0.15, 0.2) is 0 Å². The summed E-state index contributed by atoms with van der Waals surface area (Å²) >= 11 is 0. The molecule has 11 heteroatoms. The molecule has 1 heterocycles. The van der Waals surface area contributed by atoms with Crippen LogP contribution in [0.3, 0.4) is 0 Å². The predicted octanol–water partition coefficient (Wildman–Crippen LogP) is 4.48. The molecule has 0 aliphatic carbocycles. The fraction of sp³-hybridized carbons (Fsp3) is 0.400. The first-order valence-corrected chi connectivity index (χ1v) is 10.9. The number of imide groups is 1. The molecule has 1 aliphatic heterocycles. The number of carbonyl (C=O) groups is 2. The number of carbonyl (C=O) groups excluding carboxylic acids is 2. The Morgan fingerprint density at radius 1 is 1.03 bits per heavy atom. The Kier molecular flexibility index (Phi) is 6.14. The van der Waals surface area contributed by atoms with Crippen LogP contribution in [-0.2, 0) is 19.1 Å². The van der Waals surface area contributed by atoms with Crippen molar-refractivity contribution in [3.8, 4) is 0 Å². The molecule has 0 bridgehead atoms. The number of halogens is 3. The van der Waals surface area contributed by atoms with Crippen molar-refractivity contribution in [1.29, 1.82) is 0 Å². The van der Waals surface area contributed by atoms with E-state index in [1.165, 1.54) is 18.2 Å². The molecule has 2 amide bonds. The molecular formula is C20H20F3NO6S. The van der Waals surface area contributed by atoms with Gasteiger partial charge in [-0.05, 0) is 43.4 Å². The van der Waals surface area contributed by atoms with Crippen molar-refractivity contribution in [2.24, 2.45) is 0 Å². The zero-order valence-corrected chi connectivity index (χ0v) is 17.7. The standard InChI is InChI=1S/C20H20F3NO6S/c1-4-6-16(29-11(2)3)12-9-10-15-17-13(12)7-5-8-14(17)18(25)24(19(15)26)30-31(27,28)20(21,22)23/h5,7-11,16H,4,6H2,1-3H3. The van der Waals surface area contributed by atoms with Crippen LogP contribution in [0.2, 0.25) is 0 Å². The van der Waals surface area contributed by atoms with E-state index in [-0.39, 0.29) is 33.8 Å². The Morgan fingerprint density at radius 3 is 2.19 bits per heavy atom. The van der Waals surface area contributed by atoms with Crippen molar-refractivity contribution < 1.29 is 40.2 Å². The number of nitrogens with zero attached hydrogens (tertiary/aromatic N) is 1. The monoisotopic (exact) mass is 459 g/mol. The number of hydrogen-bond acceptors (Lipinski definition) is 6. The fourth-order valence-corrected chi connectivity index (χ4v) is 3.89. The molecule has 3 rings (SSSR count). The Labute approximate surface area is 176 Å². The number of hydrogen-bond donors (Lipinski definition) is 0. The van der Waals surface area contributed by atoms with E-state index in [9.17, 15) is 31.2 Å². The van der Waals surface area contributed by atoms with Gasteiger partial charge in [-0.25, -0.2) is 0 Å². The highest BCUT2D eigenvalue weighted by molar-refractivity contribution is 7.87. The van der Waals surface area contributed by atoms with Gasteiger partial charge in [-0.15, -0.1) is 9.35 Å². The molecule has 1 unspecified atom stereocenters. The van der Waals surface area contributed by atoms with Crippen LogP contribution in [0.4, 0.5) is 13.2 Å². The lowest BCUT2D eigenvalue weighted by molar-refractivity contribution is -0.0761. The van der Waals surface area contributed by atoms with Crippen molar-refractivity contribution >= 4 is 32.7 Å². The number of hydroxylamine groups is 2. The van der Waals surface area contributed by atoms with Gasteiger partial charge in [-0.3, -0.25) is 9.59 Å². The van der Waals surface area contributed by atoms with Gasteiger partial charge in [-0.2, -0.15) is 21.6 Å². The zero-order chi connectivity index (χ0) is 23.1. The van der Waals surface area contributed by atoms with Crippen molar-refractivity contribution in [3.05, 3.63) is 47.0 Å². The minimum Gasteiger partial charge on any atom is -0.371 e. The van der Waals surface area contributed by atoms with Crippen molar-refractivity contribution in [2.75, 3.05) is 0 Å². The van der Waals surface area contributed by atoms with E-state index in [0.717, 1.165) is 6.42 Å². The second-order valence-corrected chi connectivity index (χ2v) is 8.79. The Balaban J connectivity index is 2.14. The number of benzene rings is 2. The van der Waals surface area contributed by atoms with Gasteiger partial charge in [0, 0.05) is 5.39 Å². The van der Waals surface area contributed by atoms with Gasteiger partial charge in [0.2, 0.25) is 0 Å². The summed E-state index contributed by atoms with van der Waals surface area (Å²) in [5, 5.41) is 0.371. The molecule has 0 saturated carbocycles. The number of amides is 2. The molecule has 0 radical (unpaired) electrons. The number of rotatable bonds is 7. The maximum absolute atomic E-state index is 12.7. The smallest absolute Gasteiger partial charge is 0.371 e. The van der Waals surface area contributed by atoms with E-state index < -0.39 is 27.4 Å². The summed E-state index contributed by atoms with van der Waals surface area (Å²) in [6.45, 7) is 5.72. The molecule has 0 saturated heterocycles. The quantitative estimate of drug-likeness (QED) is 0.448. The first-order chi connectivity index (χ1) is 14.4. The van der Waals surface area contributed by atoms with Crippen molar-refractivity contribution in [2.45, 2.75) is 51.3 Å². The maximum atomic E-state index is 12.7. The van der Waals surface area contributed by atoms with Gasteiger partial charge >= 0.3 is 15.6 Å². The third kappa shape index (κ3) is 4.17. The van der Waals surface area contributed by atoms with Gasteiger partial charge in [-0.1, -0.05) is 31.5 Å². The van der Waals surface area contributed by atoms with Crippen LogP contribution in [0.1, 0.15) is 66.0 Å². The summed E-state index contributed by atoms with van der Waals surface area (Å²) in [5.41, 5.74) is -5.38. The van der Waals surface area contributed by atoms with E-state index in [1.807, 2.05) is 20.8 Å². The summed E-state index contributed by atoms with van der Waals surface area (Å²) in [5.74, 6) is -2.60. The highest BCUT2D eigenvalue weighted by Crippen LogP contribution is 2.38. The molecule has 2 aromatic carbocycles. The molecule has 1 atom stereocenters. The van der Waals surface area contributed by atoms with E-state index in [1.54, 1.807) is 12.1 Å². The van der Waals surface area contributed by atoms with Gasteiger partial charge in [0.25, 0.3) is 11.8 Å². The van der Waals surface area contributed by atoms with Crippen molar-refractivity contribution in [3.63, 3.8) is 0 Å². The second-order valence-electron chi connectivity index (χ2n) is 7.27. The van der Waals surface area contributed by atoms with Crippen LogP contribution < -0.4 is 0 Å². The van der Waals surface area contributed by atoms with Crippen LogP contribution in [-0.4, -0.2) is 36.9 Å². The van der Waals surface area contributed by atoms with E-state index in [2.05, 4.69) is 4.28 Å². The zero-order valence-electron chi connectivity index (χ0n) is 16.9. The number of ether oxygens (including phenoxy) is 1. The van der Waals surface area contributed by atoms with Crippen LogP contribution in [0, 0.1) is 0 Å². The normalized spacial score (nSPS) is 15.8. The number of alkyl halides is 3. The average Bonchev–Trinajstić information content (AvgIpc) is 2.67. The van der Waals surface area contributed by atoms with Gasteiger partial charge in [0.1, 0.15) is 0 Å². The molecule has 2 aromatic rings. The highest BCUT2D eigenvalue weighted by Gasteiger charge is 2.51. The van der Waals surface area contributed by atoms with Crippen LogP contribution in [0.25, 0.3) is 10.8 Å². The van der Waals surface area contributed by atoms with E-state index >= 15 is 0 Å². The average molecular weight is 459 g/mol. The molecule has 0 N–H and O–H groups in total. The molecule has 1 aliphatic rings. The summed E-state index contributed by atoms with van der Waals surface area (Å²) in [4.78, 5) is 25.4. The van der Waals surface area contributed by atoms with Gasteiger partial charge in [0.05, 0.1) is 23.3 Å². The molecular weight excluding hydrogens is 439 g/mol. The second kappa shape index (κ2) is 8.21. The predicted molar refractivity (Wildman–Crippen MR) is 104 cm³/mol. The summed E-state index contributed by atoms with van der Waals surface area (Å²) < 4.78 is 70.7. The SMILES string of the molecule is CCCC(OC(C)C)c1ccc2c3c(cccc13)C(=O)N(OS(=O)(=O)C(F)(F)F)C2=O. The van der Waals surface area contributed by atoms with E-state index in [0.29, 0.717) is 17.4 Å². The van der Waals surface area contributed by atoms with Crippen LogP contribution in [0.5, 0.6) is 0 Å². The lowest BCUT2D eigenvalue weighted by atomic mass is 9.89. The summed E-state index contributed by atoms with van der Waals surface area (Å²) in [7, 11) is -6.21. The molecule has 0 aromatic heterocycles. The van der Waals surface area contributed by atoms with Crippen molar-refractivity contribution in [1.82, 2.24) is 5.06 Å². The highest BCUT2D eigenvalue weighted by atomic mass is 32.2. The molecule has 31 heavy (non-hydrogen) atoms. The minimum atomic E-state index is -6.21. The minimum absolute atomic E-state index is 0.0953. The van der Waals surface area contributed by atoms with Crippen LogP contribution in [0.15, 0.2) is 30.3 Å². The Morgan fingerprint density at radius 2 is 1.65 bits per heavy atom. The summed E-state index contributed by atoms with van der Waals surface area (Å²) in [6, 6.07) is 7.38. The fourth-order valence-electron chi connectivity index (χ4n) is 3.47. The van der Waals surface area contributed by atoms with Crippen LogP contribution >= 0.6 is 0 Å². The third-order valence-electron chi connectivity index (χ3n) is 4.69. The largest absolute Gasteiger partial charge is 0.525 e. The molecule has 7 nitrogen and oxygen atoms in total. The molecule has 0 spiro atoms. The Bertz CT molecular complexity index is 1120. The van der Waals surface area contributed by atoms with Gasteiger partial charge < -0.3 is 4.74 Å². The van der Waals surface area contributed by atoms with E-state index in [4.69, 9.17) is 4.74 Å². The first kappa shape index (κ1) is 23.2. The lowest BCUT2D eigenvalue weighted by Gasteiger charge is -2.28. The maximum Gasteiger partial charge on any atom is 0.525 e. The topological polar surface area (TPSA) is 90.0 Å².